The number of amides is 2. The molecular weight excluding hydrogens is 471 g/mol. The van der Waals surface area contributed by atoms with Crippen molar-refractivity contribution in [2.24, 2.45) is 0 Å². The molecule has 5 rings (SSSR count). The summed E-state index contributed by atoms with van der Waals surface area (Å²) >= 11 is 0.851. The fourth-order valence-corrected chi connectivity index (χ4v) is 4.74. The second-order valence-electron chi connectivity index (χ2n) is 7.88. The highest BCUT2D eigenvalue weighted by Crippen LogP contribution is 2.35. The van der Waals surface area contributed by atoms with Gasteiger partial charge in [0, 0.05) is 29.2 Å². The third kappa shape index (κ3) is 4.50. The summed E-state index contributed by atoms with van der Waals surface area (Å²) in [5, 5.41) is 0.502. The van der Waals surface area contributed by atoms with Gasteiger partial charge in [0.2, 0.25) is 5.76 Å². The van der Waals surface area contributed by atoms with Crippen molar-refractivity contribution >= 4 is 45.9 Å². The number of imide groups is 1. The maximum absolute atomic E-state index is 13.3. The lowest BCUT2D eigenvalue weighted by molar-refractivity contribution is -0.123. The Morgan fingerprint density at radius 3 is 2.60 bits per heavy atom. The molecule has 0 saturated carbocycles. The Hall–Kier alpha value is -4.11. The minimum Gasteiger partial charge on any atom is -0.463 e. The molecule has 0 N–H and O–H groups in total. The number of fused-ring (bicyclic) bond motifs is 1. The summed E-state index contributed by atoms with van der Waals surface area (Å²) < 4.78 is 25.3. The van der Waals surface area contributed by atoms with E-state index in [2.05, 4.69) is 4.74 Å². The van der Waals surface area contributed by atoms with Crippen molar-refractivity contribution in [3.05, 3.63) is 100 Å². The van der Waals surface area contributed by atoms with Crippen LogP contribution in [-0.4, -0.2) is 33.7 Å². The van der Waals surface area contributed by atoms with E-state index >= 15 is 0 Å². The molecule has 0 spiro atoms. The molecular formula is C26H19FN2O5S. The van der Waals surface area contributed by atoms with Crippen LogP contribution in [0.15, 0.2) is 76.2 Å². The molecule has 1 aliphatic rings. The van der Waals surface area contributed by atoms with Crippen LogP contribution in [0.3, 0.4) is 0 Å². The predicted octanol–water partition coefficient (Wildman–Crippen LogP) is 5.44. The summed E-state index contributed by atoms with van der Waals surface area (Å²) in [5.41, 5.74) is 2.68. The lowest BCUT2D eigenvalue weighted by atomic mass is 10.1. The minimum absolute atomic E-state index is 0.000947. The van der Waals surface area contributed by atoms with E-state index in [1.807, 2.05) is 35.0 Å². The van der Waals surface area contributed by atoms with Crippen LogP contribution in [0.25, 0.3) is 17.0 Å². The van der Waals surface area contributed by atoms with Crippen LogP contribution < -0.4 is 0 Å². The number of ether oxygens (including phenoxy) is 1. The third-order valence-corrected chi connectivity index (χ3v) is 6.52. The molecule has 2 aromatic carbocycles. The molecule has 0 unspecified atom stereocenters. The second kappa shape index (κ2) is 9.27. The average molecular weight is 491 g/mol. The minimum atomic E-state index is -0.637. The van der Waals surface area contributed by atoms with E-state index in [1.165, 1.54) is 31.4 Å². The van der Waals surface area contributed by atoms with E-state index in [-0.39, 0.29) is 18.1 Å². The van der Waals surface area contributed by atoms with Crippen LogP contribution in [0, 0.1) is 5.82 Å². The predicted molar refractivity (Wildman–Crippen MR) is 129 cm³/mol. The molecule has 1 saturated heterocycles. The van der Waals surface area contributed by atoms with Crippen molar-refractivity contribution in [1.29, 1.82) is 0 Å². The highest BCUT2D eigenvalue weighted by molar-refractivity contribution is 8.18. The first kappa shape index (κ1) is 22.7. The standard InChI is InChI=1S/C26H19FN2O5S/c1-33-25(31)22-11-10-19(34-22)15-29-24(30)23(35-26(29)32)12-17-14-28(21-5-3-2-4-20(17)21)13-16-6-8-18(27)9-7-16/h2-12,14H,13,15H2,1H3/b23-12+. The van der Waals surface area contributed by atoms with Gasteiger partial charge in [-0.3, -0.25) is 14.5 Å². The zero-order valence-electron chi connectivity index (χ0n) is 18.6. The van der Waals surface area contributed by atoms with Gasteiger partial charge in [-0.1, -0.05) is 30.3 Å². The van der Waals surface area contributed by atoms with Crippen molar-refractivity contribution in [3.8, 4) is 0 Å². The van der Waals surface area contributed by atoms with Gasteiger partial charge in [0.1, 0.15) is 11.6 Å². The Kier molecular flexibility index (Phi) is 6.00. The number of carbonyl (C=O) groups excluding carboxylic acids is 3. The lowest BCUT2D eigenvalue weighted by Gasteiger charge is -2.09. The smallest absolute Gasteiger partial charge is 0.373 e. The number of hydrogen-bond donors (Lipinski definition) is 0. The fraction of sp³-hybridized carbons (Fsp3) is 0.115. The Morgan fingerprint density at radius 2 is 1.83 bits per heavy atom. The van der Waals surface area contributed by atoms with E-state index in [1.54, 1.807) is 18.2 Å². The normalized spacial score (nSPS) is 14.9. The maximum Gasteiger partial charge on any atom is 0.373 e. The topological polar surface area (TPSA) is 81.8 Å². The number of hydrogen-bond acceptors (Lipinski definition) is 6. The SMILES string of the molecule is COC(=O)c1ccc(CN2C(=O)S/C(=C/c3cn(Cc4ccc(F)cc4)c4ccccc34)C2=O)o1. The first-order chi connectivity index (χ1) is 16.9. The number of carbonyl (C=O) groups is 3. The number of aromatic nitrogens is 1. The van der Waals surface area contributed by atoms with Crippen LogP contribution in [0.5, 0.6) is 0 Å². The summed E-state index contributed by atoms with van der Waals surface area (Å²) in [7, 11) is 1.24. The number of esters is 1. The van der Waals surface area contributed by atoms with E-state index in [0.29, 0.717) is 17.2 Å². The molecule has 7 nitrogen and oxygen atoms in total. The molecule has 0 bridgehead atoms. The molecule has 2 amide bonds. The second-order valence-corrected chi connectivity index (χ2v) is 8.87. The van der Waals surface area contributed by atoms with Gasteiger partial charge in [-0.2, -0.15) is 0 Å². The highest BCUT2D eigenvalue weighted by Gasteiger charge is 2.36. The van der Waals surface area contributed by atoms with E-state index in [9.17, 15) is 18.8 Å². The first-order valence-electron chi connectivity index (χ1n) is 10.7. The van der Waals surface area contributed by atoms with Crippen molar-refractivity contribution in [2.45, 2.75) is 13.1 Å². The number of rotatable bonds is 6. The van der Waals surface area contributed by atoms with E-state index in [0.717, 1.165) is 38.7 Å². The summed E-state index contributed by atoms with van der Waals surface area (Å²) in [6.07, 6.45) is 3.62. The molecule has 176 valence electrons. The van der Waals surface area contributed by atoms with Crippen LogP contribution in [0.1, 0.15) is 27.4 Å². The van der Waals surface area contributed by atoms with Gasteiger partial charge in [-0.15, -0.1) is 0 Å². The van der Waals surface area contributed by atoms with Crippen molar-refractivity contribution in [2.75, 3.05) is 7.11 Å². The van der Waals surface area contributed by atoms with Crippen LogP contribution in [0.4, 0.5) is 9.18 Å². The quantitative estimate of drug-likeness (QED) is 0.264. The Balaban J connectivity index is 1.41. The van der Waals surface area contributed by atoms with Crippen molar-refractivity contribution in [1.82, 2.24) is 9.47 Å². The van der Waals surface area contributed by atoms with Crippen molar-refractivity contribution in [3.63, 3.8) is 0 Å². The Morgan fingerprint density at radius 1 is 1.06 bits per heavy atom. The Labute approximate surface area is 203 Å². The molecule has 0 atom stereocenters. The molecule has 0 aliphatic carbocycles. The lowest BCUT2D eigenvalue weighted by Crippen LogP contribution is -2.27. The van der Waals surface area contributed by atoms with Crippen molar-refractivity contribution < 1.29 is 27.9 Å². The van der Waals surface area contributed by atoms with Gasteiger partial charge in [0.05, 0.1) is 18.6 Å². The molecule has 9 heteroatoms. The summed E-state index contributed by atoms with van der Waals surface area (Å²) in [6, 6.07) is 17.0. The number of para-hydroxylation sites is 1. The zero-order valence-corrected chi connectivity index (χ0v) is 19.4. The molecule has 0 radical (unpaired) electrons. The Bertz CT molecular complexity index is 1490. The van der Waals surface area contributed by atoms with Crippen LogP contribution in [0.2, 0.25) is 0 Å². The number of thioether (sulfide) groups is 1. The van der Waals surface area contributed by atoms with Gasteiger partial charge in [0.15, 0.2) is 0 Å². The van der Waals surface area contributed by atoms with Crippen LogP contribution >= 0.6 is 11.8 Å². The largest absolute Gasteiger partial charge is 0.463 e. The van der Waals surface area contributed by atoms with Gasteiger partial charge < -0.3 is 13.7 Å². The molecule has 3 heterocycles. The molecule has 35 heavy (non-hydrogen) atoms. The summed E-state index contributed by atoms with van der Waals surface area (Å²) in [6.45, 7) is 0.433. The number of halogens is 1. The highest BCUT2D eigenvalue weighted by atomic mass is 32.2. The monoisotopic (exact) mass is 490 g/mol. The molecule has 1 aliphatic heterocycles. The van der Waals surface area contributed by atoms with Gasteiger partial charge >= 0.3 is 5.97 Å². The van der Waals surface area contributed by atoms with E-state index < -0.39 is 17.1 Å². The summed E-state index contributed by atoms with van der Waals surface area (Å²) in [5.74, 6) is -1.07. The molecule has 1 fully saturated rings. The molecule has 2 aromatic heterocycles. The van der Waals surface area contributed by atoms with Gasteiger partial charge in [-0.25, -0.2) is 9.18 Å². The zero-order chi connectivity index (χ0) is 24.5. The maximum atomic E-state index is 13.3. The van der Waals surface area contributed by atoms with E-state index in [4.69, 9.17) is 4.42 Å². The van der Waals surface area contributed by atoms with Gasteiger partial charge in [-0.05, 0) is 53.7 Å². The van der Waals surface area contributed by atoms with Crippen LogP contribution in [-0.2, 0) is 22.6 Å². The molecule has 4 aromatic rings. The first-order valence-corrected chi connectivity index (χ1v) is 11.5. The van der Waals surface area contributed by atoms with Gasteiger partial charge in [0.25, 0.3) is 11.1 Å². The number of nitrogens with zero attached hydrogens (tertiary/aromatic N) is 2. The average Bonchev–Trinajstić information content (AvgIpc) is 3.54. The fourth-order valence-electron chi connectivity index (χ4n) is 3.91. The number of furan rings is 1. The third-order valence-electron chi connectivity index (χ3n) is 5.61. The summed E-state index contributed by atoms with van der Waals surface area (Å²) in [4.78, 5) is 38.6. The number of methoxy groups -OCH3 is 1. The number of benzene rings is 2.